The van der Waals surface area contributed by atoms with Gasteiger partial charge < -0.3 is 15.2 Å². The van der Waals surface area contributed by atoms with Gasteiger partial charge in [-0.25, -0.2) is 0 Å². The van der Waals surface area contributed by atoms with Gasteiger partial charge in [0.25, 0.3) is 0 Å². The summed E-state index contributed by atoms with van der Waals surface area (Å²) < 4.78 is 11.5. The van der Waals surface area contributed by atoms with Crippen LogP contribution in [0.5, 0.6) is 11.5 Å². The molecule has 0 aromatic heterocycles. The van der Waals surface area contributed by atoms with Crippen molar-refractivity contribution in [2.75, 3.05) is 6.61 Å². The molecule has 0 bridgehead atoms. The van der Waals surface area contributed by atoms with Crippen LogP contribution in [0.15, 0.2) is 24.8 Å². The number of hydrogen-bond donors (Lipinski definition) is 1. The van der Waals surface area contributed by atoms with Crippen molar-refractivity contribution in [3.8, 4) is 11.5 Å². The summed E-state index contributed by atoms with van der Waals surface area (Å²) in [6, 6.07) is 4.01. The Bertz CT molecular complexity index is 400. The molecule has 2 N–H and O–H groups in total. The van der Waals surface area contributed by atoms with E-state index < -0.39 is 0 Å². The van der Waals surface area contributed by atoms with Crippen molar-refractivity contribution >= 4 is 0 Å². The Morgan fingerprint density at radius 1 is 1.39 bits per heavy atom. The zero-order valence-corrected chi connectivity index (χ0v) is 11.5. The predicted octanol–water partition coefficient (Wildman–Crippen LogP) is 3.06. The van der Waals surface area contributed by atoms with E-state index in [9.17, 15) is 0 Å². The molecular weight excluding hydrogens is 226 g/mol. The molecule has 0 saturated carbocycles. The summed E-state index contributed by atoms with van der Waals surface area (Å²) in [5.74, 6) is 1.58. The van der Waals surface area contributed by atoms with Crippen LogP contribution in [0.1, 0.15) is 31.9 Å². The maximum Gasteiger partial charge on any atom is 0.165 e. The molecule has 0 unspecified atom stereocenters. The molecule has 3 nitrogen and oxygen atoms in total. The summed E-state index contributed by atoms with van der Waals surface area (Å²) in [6.07, 6.45) is 2.71. The van der Waals surface area contributed by atoms with Crippen molar-refractivity contribution in [2.24, 2.45) is 5.73 Å². The fourth-order valence-electron chi connectivity index (χ4n) is 1.78. The highest BCUT2D eigenvalue weighted by molar-refractivity contribution is 5.50. The van der Waals surface area contributed by atoms with Crippen molar-refractivity contribution in [1.82, 2.24) is 0 Å². The van der Waals surface area contributed by atoms with Gasteiger partial charge >= 0.3 is 0 Å². The Labute approximate surface area is 110 Å². The molecule has 0 amide bonds. The Kier molecular flexibility index (Phi) is 5.72. The quantitative estimate of drug-likeness (QED) is 0.755. The molecule has 0 fully saturated rings. The second-order valence-electron chi connectivity index (χ2n) is 4.38. The Hall–Kier alpha value is -1.48. The van der Waals surface area contributed by atoms with Gasteiger partial charge in [0.1, 0.15) is 0 Å². The predicted molar refractivity (Wildman–Crippen MR) is 75.2 cm³/mol. The van der Waals surface area contributed by atoms with Crippen LogP contribution < -0.4 is 15.2 Å². The average molecular weight is 249 g/mol. The number of allylic oxidation sites excluding steroid dienone is 1. The standard InChI is InChI=1S/C15H23NO2/c1-5-7-13-8-12(10-16)9-14(17-6-2)15(13)18-11(3)4/h5,8-9,11H,1,6-7,10,16H2,2-4H3. The molecule has 0 aliphatic heterocycles. The lowest BCUT2D eigenvalue weighted by Gasteiger charge is -2.19. The fraction of sp³-hybridized carbons (Fsp3) is 0.467. The average Bonchev–Trinajstić information content (AvgIpc) is 2.33. The maximum atomic E-state index is 5.87. The molecule has 18 heavy (non-hydrogen) atoms. The van der Waals surface area contributed by atoms with Crippen LogP contribution in [0.3, 0.4) is 0 Å². The van der Waals surface area contributed by atoms with Gasteiger partial charge in [-0.05, 0) is 38.8 Å². The molecule has 0 spiro atoms. The van der Waals surface area contributed by atoms with E-state index in [1.807, 2.05) is 32.9 Å². The number of hydrogen-bond acceptors (Lipinski definition) is 3. The number of rotatable bonds is 7. The zero-order valence-electron chi connectivity index (χ0n) is 11.5. The molecule has 0 atom stereocenters. The van der Waals surface area contributed by atoms with Crippen LogP contribution in [-0.2, 0) is 13.0 Å². The van der Waals surface area contributed by atoms with Gasteiger partial charge in [0.05, 0.1) is 12.7 Å². The van der Waals surface area contributed by atoms with Crippen LogP contribution in [-0.4, -0.2) is 12.7 Å². The van der Waals surface area contributed by atoms with Crippen molar-refractivity contribution in [1.29, 1.82) is 0 Å². The Morgan fingerprint density at radius 2 is 2.11 bits per heavy atom. The van der Waals surface area contributed by atoms with E-state index in [1.54, 1.807) is 0 Å². The highest BCUT2D eigenvalue weighted by atomic mass is 16.5. The van der Waals surface area contributed by atoms with E-state index in [4.69, 9.17) is 15.2 Å². The number of benzene rings is 1. The van der Waals surface area contributed by atoms with Crippen molar-refractivity contribution < 1.29 is 9.47 Å². The highest BCUT2D eigenvalue weighted by Crippen LogP contribution is 2.34. The minimum absolute atomic E-state index is 0.108. The summed E-state index contributed by atoms with van der Waals surface area (Å²) in [4.78, 5) is 0. The maximum absolute atomic E-state index is 5.87. The normalized spacial score (nSPS) is 10.5. The second kappa shape index (κ2) is 7.07. The molecule has 1 rings (SSSR count). The van der Waals surface area contributed by atoms with E-state index in [0.29, 0.717) is 13.2 Å². The fourth-order valence-corrected chi connectivity index (χ4v) is 1.78. The third-order valence-electron chi connectivity index (χ3n) is 2.44. The van der Waals surface area contributed by atoms with Gasteiger partial charge in [0.15, 0.2) is 11.5 Å². The first-order valence-electron chi connectivity index (χ1n) is 6.38. The summed E-state index contributed by atoms with van der Waals surface area (Å²) >= 11 is 0. The molecule has 0 aliphatic rings. The molecule has 1 aromatic rings. The van der Waals surface area contributed by atoms with Crippen LogP contribution >= 0.6 is 0 Å². The summed E-state index contributed by atoms with van der Waals surface area (Å²) in [7, 11) is 0. The topological polar surface area (TPSA) is 44.5 Å². The number of nitrogens with two attached hydrogens (primary N) is 1. The van der Waals surface area contributed by atoms with Gasteiger partial charge in [0.2, 0.25) is 0 Å². The SMILES string of the molecule is C=CCc1cc(CN)cc(OCC)c1OC(C)C. The molecule has 0 aliphatic carbocycles. The smallest absolute Gasteiger partial charge is 0.165 e. The first-order valence-corrected chi connectivity index (χ1v) is 6.38. The van der Waals surface area contributed by atoms with E-state index >= 15 is 0 Å². The van der Waals surface area contributed by atoms with E-state index in [2.05, 4.69) is 12.6 Å². The van der Waals surface area contributed by atoms with Crippen molar-refractivity contribution in [2.45, 2.75) is 39.8 Å². The van der Waals surface area contributed by atoms with Crippen molar-refractivity contribution in [3.63, 3.8) is 0 Å². The van der Waals surface area contributed by atoms with Crippen LogP contribution in [0.25, 0.3) is 0 Å². The minimum atomic E-state index is 0.108. The molecule has 3 heteroatoms. The van der Waals surface area contributed by atoms with Crippen LogP contribution in [0.4, 0.5) is 0 Å². The Balaban J connectivity index is 3.24. The number of ether oxygens (including phenoxy) is 2. The lowest BCUT2D eigenvalue weighted by atomic mass is 10.1. The largest absolute Gasteiger partial charge is 0.490 e. The van der Waals surface area contributed by atoms with E-state index in [1.165, 1.54) is 0 Å². The molecule has 1 aromatic carbocycles. The molecule has 0 saturated heterocycles. The zero-order chi connectivity index (χ0) is 13.5. The lowest BCUT2D eigenvalue weighted by molar-refractivity contribution is 0.221. The summed E-state index contributed by atoms with van der Waals surface area (Å²) in [5, 5.41) is 0. The summed E-state index contributed by atoms with van der Waals surface area (Å²) in [5.41, 5.74) is 7.83. The van der Waals surface area contributed by atoms with Gasteiger partial charge in [0, 0.05) is 12.1 Å². The third kappa shape index (κ3) is 3.77. The molecule has 0 radical (unpaired) electrons. The van der Waals surface area contributed by atoms with E-state index in [0.717, 1.165) is 29.0 Å². The molecule has 0 heterocycles. The van der Waals surface area contributed by atoms with Crippen LogP contribution in [0.2, 0.25) is 0 Å². The monoisotopic (exact) mass is 249 g/mol. The molecular formula is C15H23NO2. The second-order valence-corrected chi connectivity index (χ2v) is 4.38. The van der Waals surface area contributed by atoms with Gasteiger partial charge in [-0.3, -0.25) is 0 Å². The third-order valence-corrected chi connectivity index (χ3v) is 2.44. The van der Waals surface area contributed by atoms with Crippen LogP contribution in [0, 0.1) is 0 Å². The van der Waals surface area contributed by atoms with E-state index in [-0.39, 0.29) is 6.10 Å². The minimum Gasteiger partial charge on any atom is -0.490 e. The highest BCUT2D eigenvalue weighted by Gasteiger charge is 2.13. The van der Waals surface area contributed by atoms with Crippen molar-refractivity contribution in [3.05, 3.63) is 35.9 Å². The first-order chi connectivity index (χ1) is 8.62. The van der Waals surface area contributed by atoms with Gasteiger partial charge in [-0.2, -0.15) is 0 Å². The lowest BCUT2D eigenvalue weighted by Crippen LogP contribution is -2.10. The first kappa shape index (κ1) is 14.6. The summed E-state index contributed by atoms with van der Waals surface area (Å²) in [6.45, 7) is 10.8. The molecule has 100 valence electrons. The Morgan fingerprint density at radius 3 is 2.61 bits per heavy atom. The van der Waals surface area contributed by atoms with Gasteiger partial charge in [-0.1, -0.05) is 12.1 Å². The van der Waals surface area contributed by atoms with Gasteiger partial charge in [-0.15, -0.1) is 6.58 Å².